The van der Waals surface area contributed by atoms with Gasteiger partial charge < -0.3 is 10.3 Å². The van der Waals surface area contributed by atoms with E-state index in [2.05, 4.69) is 13.0 Å². The molecule has 80 valence electrons. The number of quaternary nitrogens is 1. The topological polar surface area (TPSA) is 27.5 Å². The Labute approximate surface area is 90.8 Å². The van der Waals surface area contributed by atoms with Crippen molar-refractivity contribution < 1.29 is 5.06 Å². The zero-order chi connectivity index (χ0) is 10.7. The molecule has 0 aromatic heterocycles. The summed E-state index contributed by atoms with van der Waals surface area (Å²) in [6, 6.07) is 7.91. The molecule has 0 radical (unpaired) electrons. The Bertz CT molecular complexity index is 371. The standard InChI is InChI=1S/C13H17NO/c1-2-3-4-7-11-10-14(15)13-9-6-5-8-12(11)13/h5-6,8-10,14H,2-4,7H2,1H3. The van der Waals surface area contributed by atoms with Gasteiger partial charge in [0.1, 0.15) is 11.9 Å². The summed E-state index contributed by atoms with van der Waals surface area (Å²) in [5.74, 6) is 0. The fourth-order valence-corrected chi connectivity index (χ4v) is 2.06. The number of fused-ring (bicyclic) bond motifs is 1. The third kappa shape index (κ3) is 2.11. The fourth-order valence-electron chi connectivity index (χ4n) is 2.06. The Hall–Kier alpha value is -1.12. The average Bonchev–Trinajstić information content (AvgIpc) is 2.58. The van der Waals surface area contributed by atoms with Gasteiger partial charge in [0.15, 0.2) is 0 Å². The van der Waals surface area contributed by atoms with E-state index in [1.165, 1.54) is 24.8 Å². The maximum atomic E-state index is 11.6. The number of allylic oxidation sites excluding steroid dienone is 1. The first-order valence-corrected chi connectivity index (χ1v) is 5.67. The highest BCUT2D eigenvalue weighted by atomic mass is 16.5. The maximum absolute atomic E-state index is 11.6. The summed E-state index contributed by atoms with van der Waals surface area (Å²) in [4.78, 5) is 0. The largest absolute Gasteiger partial charge is 0.624 e. The van der Waals surface area contributed by atoms with Gasteiger partial charge in [0, 0.05) is 17.2 Å². The van der Waals surface area contributed by atoms with Gasteiger partial charge in [0.05, 0.1) is 0 Å². The molecule has 0 saturated carbocycles. The summed E-state index contributed by atoms with van der Waals surface area (Å²) < 4.78 is 0. The van der Waals surface area contributed by atoms with Gasteiger partial charge in [-0.3, -0.25) is 0 Å². The van der Waals surface area contributed by atoms with Crippen LogP contribution in [-0.2, 0) is 0 Å². The molecule has 1 unspecified atom stereocenters. The SMILES string of the molecule is CCCCCC1=C[NH+]([O-])c2ccccc21. The van der Waals surface area contributed by atoms with E-state index in [-0.39, 0.29) is 5.06 Å². The predicted molar refractivity (Wildman–Crippen MR) is 62.6 cm³/mol. The Kier molecular flexibility index (Phi) is 3.19. The third-order valence-electron chi connectivity index (χ3n) is 2.89. The summed E-state index contributed by atoms with van der Waals surface area (Å²) in [6.07, 6.45) is 6.50. The zero-order valence-corrected chi connectivity index (χ0v) is 9.12. The maximum Gasteiger partial charge on any atom is 0.143 e. The van der Waals surface area contributed by atoms with Crippen LogP contribution in [0.4, 0.5) is 5.69 Å². The van der Waals surface area contributed by atoms with E-state index < -0.39 is 0 Å². The predicted octanol–water partition coefficient (Wildman–Crippen LogP) is 2.64. The van der Waals surface area contributed by atoms with Crippen molar-refractivity contribution in [2.24, 2.45) is 0 Å². The van der Waals surface area contributed by atoms with Gasteiger partial charge in [0.25, 0.3) is 0 Å². The van der Waals surface area contributed by atoms with Crippen molar-refractivity contribution in [3.8, 4) is 0 Å². The van der Waals surface area contributed by atoms with Gasteiger partial charge in [-0.05, 0) is 18.9 Å². The minimum absolute atomic E-state index is 0.178. The van der Waals surface area contributed by atoms with Crippen LogP contribution in [0, 0.1) is 5.21 Å². The van der Waals surface area contributed by atoms with Crippen molar-refractivity contribution in [2.45, 2.75) is 32.6 Å². The lowest BCUT2D eigenvalue weighted by Crippen LogP contribution is -2.95. The summed E-state index contributed by atoms with van der Waals surface area (Å²) in [5, 5.41) is 11.8. The van der Waals surface area contributed by atoms with Gasteiger partial charge >= 0.3 is 0 Å². The molecule has 0 spiro atoms. The number of hydrogen-bond acceptors (Lipinski definition) is 1. The highest BCUT2D eigenvalue weighted by Crippen LogP contribution is 2.28. The van der Waals surface area contributed by atoms with Gasteiger partial charge in [-0.2, -0.15) is 0 Å². The van der Waals surface area contributed by atoms with Crippen LogP contribution < -0.4 is 5.06 Å². The average molecular weight is 203 g/mol. The van der Waals surface area contributed by atoms with Crippen LogP contribution in [0.1, 0.15) is 38.2 Å². The summed E-state index contributed by atoms with van der Waals surface area (Å²) in [6.45, 7) is 2.20. The second-order valence-electron chi connectivity index (χ2n) is 4.04. The number of hydroxylamine groups is 1. The summed E-state index contributed by atoms with van der Waals surface area (Å²) in [5.41, 5.74) is 3.26. The lowest BCUT2D eigenvalue weighted by atomic mass is 10.0. The molecule has 15 heavy (non-hydrogen) atoms. The smallest absolute Gasteiger partial charge is 0.143 e. The monoisotopic (exact) mass is 203 g/mol. The number of para-hydroxylation sites is 1. The van der Waals surface area contributed by atoms with Crippen molar-refractivity contribution in [1.29, 1.82) is 0 Å². The van der Waals surface area contributed by atoms with Gasteiger partial charge in [0.2, 0.25) is 0 Å². The molecular weight excluding hydrogens is 186 g/mol. The van der Waals surface area contributed by atoms with Crippen molar-refractivity contribution in [3.05, 3.63) is 41.2 Å². The number of rotatable bonds is 4. The minimum atomic E-state index is 0.178. The normalized spacial score (nSPS) is 18.8. The zero-order valence-electron chi connectivity index (χ0n) is 9.12. The van der Waals surface area contributed by atoms with E-state index >= 15 is 0 Å². The first kappa shape index (κ1) is 10.4. The van der Waals surface area contributed by atoms with Gasteiger partial charge in [-0.15, -0.1) is 0 Å². The van der Waals surface area contributed by atoms with Crippen LogP contribution in [0.5, 0.6) is 0 Å². The van der Waals surface area contributed by atoms with Crippen LogP contribution in [0.15, 0.2) is 30.5 Å². The number of benzene rings is 1. The highest BCUT2D eigenvalue weighted by molar-refractivity contribution is 5.75. The van der Waals surface area contributed by atoms with E-state index in [1.807, 2.05) is 18.2 Å². The molecule has 1 heterocycles. The molecule has 2 nitrogen and oxygen atoms in total. The minimum Gasteiger partial charge on any atom is -0.624 e. The van der Waals surface area contributed by atoms with E-state index in [1.54, 1.807) is 6.20 Å². The van der Waals surface area contributed by atoms with Crippen LogP contribution >= 0.6 is 0 Å². The number of unbranched alkanes of at least 4 members (excludes halogenated alkanes) is 2. The van der Waals surface area contributed by atoms with E-state index in [0.29, 0.717) is 0 Å². The molecule has 1 aliphatic heterocycles. The molecule has 0 aliphatic carbocycles. The molecule has 0 saturated heterocycles. The van der Waals surface area contributed by atoms with E-state index in [9.17, 15) is 5.21 Å². The summed E-state index contributed by atoms with van der Waals surface area (Å²) >= 11 is 0. The van der Waals surface area contributed by atoms with Crippen LogP contribution in [0.2, 0.25) is 0 Å². The number of hydrogen-bond donors (Lipinski definition) is 1. The van der Waals surface area contributed by atoms with Crippen molar-refractivity contribution in [2.75, 3.05) is 0 Å². The summed E-state index contributed by atoms with van der Waals surface area (Å²) in [7, 11) is 0. The third-order valence-corrected chi connectivity index (χ3v) is 2.89. The lowest BCUT2D eigenvalue weighted by molar-refractivity contribution is -0.710. The molecule has 1 aliphatic rings. The van der Waals surface area contributed by atoms with Crippen molar-refractivity contribution in [3.63, 3.8) is 0 Å². The fraction of sp³-hybridized carbons (Fsp3) is 0.385. The Morgan fingerprint density at radius 3 is 2.80 bits per heavy atom. The van der Waals surface area contributed by atoms with Crippen molar-refractivity contribution >= 4 is 11.3 Å². The lowest BCUT2D eigenvalue weighted by Gasteiger charge is -2.12. The van der Waals surface area contributed by atoms with Crippen molar-refractivity contribution in [1.82, 2.24) is 0 Å². The first-order valence-electron chi connectivity index (χ1n) is 5.67. The van der Waals surface area contributed by atoms with Gasteiger partial charge in [-0.25, -0.2) is 0 Å². The molecule has 1 aromatic carbocycles. The van der Waals surface area contributed by atoms with Crippen LogP contribution in [-0.4, -0.2) is 0 Å². The molecule has 1 aromatic rings. The molecular formula is C13H17NO. The highest BCUT2D eigenvalue weighted by Gasteiger charge is 2.19. The van der Waals surface area contributed by atoms with E-state index in [0.717, 1.165) is 17.7 Å². The van der Waals surface area contributed by atoms with Gasteiger partial charge in [-0.1, -0.05) is 31.9 Å². The Balaban J connectivity index is 2.11. The molecule has 0 bridgehead atoms. The second-order valence-corrected chi connectivity index (χ2v) is 4.04. The molecule has 0 fully saturated rings. The first-order chi connectivity index (χ1) is 7.33. The quantitative estimate of drug-likeness (QED) is 0.591. The molecule has 1 atom stereocenters. The molecule has 2 rings (SSSR count). The second kappa shape index (κ2) is 4.60. The Morgan fingerprint density at radius 2 is 2.00 bits per heavy atom. The molecule has 0 amide bonds. The number of nitrogens with one attached hydrogen (secondary N) is 1. The Morgan fingerprint density at radius 1 is 1.20 bits per heavy atom. The van der Waals surface area contributed by atoms with E-state index in [4.69, 9.17) is 0 Å². The molecule has 2 heteroatoms. The van der Waals surface area contributed by atoms with Crippen LogP contribution in [0.3, 0.4) is 0 Å². The molecule has 1 N–H and O–H groups in total. The van der Waals surface area contributed by atoms with Crippen LogP contribution in [0.25, 0.3) is 5.57 Å².